The van der Waals surface area contributed by atoms with Crippen molar-refractivity contribution in [2.45, 2.75) is 19.4 Å². The molecular weight excluding hydrogens is 379 g/mol. The van der Waals surface area contributed by atoms with Gasteiger partial charge in [0.1, 0.15) is 11.6 Å². The van der Waals surface area contributed by atoms with Crippen LogP contribution in [-0.2, 0) is 19.1 Å². The van der Waals surface area contributed by atoms with E-state index in [-0.39, 0.29) is 18.9 Å². The largest absolute Gasteiger partial charge is 0.495 e. The highest BCUT2D eigenvalue weighted by Gasteiger charge is 2.38. The van der Waals surface area contributed by atoms with Gasteiger partial charge in [0.05, 0.1) is 18.7 Å². The van der Waals surface area contributed by atoms with Crippen molar-refractivity contribution in [2.24, 2.45) is 5.92 Å². The third-order valence-corrected chi connectivity index (χ3v) is 4.61. The van der Waals surface area contributed by atoms with Gasteiger partial charge in [0.2, 0.25) is 5.91 Å². The molecule has 1 fully saturated rings. The highest BCUT2D eigenvalue weighted by atomic mass is 19.1. The summed E-state index contributed by atoms with van der Waals surface area (Å²) >= 11 is 0. The molecule has 152 valence electrons. The monoisotopic (exact) mass is 400 g/mol. The van der Waals surface area contributed by atoms with Crippen molar-refractivity contribution in [3.8, 4) is 5.75 Å². The lowest BCUT2D eigenvalue weighted by atomic mass is 10.1. The van der Waals surface area contributed by atoms with Crippen molar-refractivity contribution in [2.75, 3.05) is 23.9 Å². The minimum Gasteiger partial charge on any atom is -0.495 e. The Kier molecular flexibility index (Phi) is 6.11. The number of hydrogen-bond donors (Lipinski definition) is 1. The number of nitrogens with one attached hydrogen (secondary N) is 1. The van der Waals surface area contributed by atoms with Crippen LogP contribution in [0.3, 0.4) is 0 Å². The average Bonchev–Trinajstić information content (AvgIpc) is 3.11. The quantitative estimate of drug-likeness (QED) is 0.754. The first kappa shape index (κ1) is 20.3. The number of halogens is 1. The van der Waals surface area contributed by atoms with Crippen molar-refractivity contribution in [3.05, 3.63) is 54.3 Å². The van der Waals surface area contributed by atoms with E-state index in [1.54, 1.807) is 24.3 Å². The third kappa shape index (κ3) is 4.71. The standard InChI is InChI=1S/C21H21FN2O5/c1-13(20(26)23-16-9-7-15(22)8-10-16)29-21(27)14-11-19(25)24(12-14)17-5-3-4-6-18(17)28-2/h3-10,13-14H,11-12H2,1-2H3,(H,23,26)/t13-,14+/m1/s1. The number of nitrogens with zero attached hydrogens (tertiary/aromatic N) is 1. The SMILES string of the molecule is COc1ccccc1N1C[C@@H](C(=O)O[C@H](C)C(=O)Nc2ccc(F)cc2)CC1=O. The summed E-state index contributed by atoms with van der Waals surface area (Å²) in [6.45, 7) is 1.58. The molecule has 2 aromatic rings. The van der Waals surface area contributed by atoms with Crippen LogP contribution in [0, 0.1) is 11.7 Å². The van der Waals surface area contributed by atoms with Gasteiger partial charge in [-0.05, 0) is 43.3 Å². The number of amides is 2. The van der Waals surface area contributed by atoms with Crippen molar-refractivity contribution < 1.29 is 28.2 Å². The summed E-state index contributed by atoms with van der Waals surface area (Å²) in [7, 11) is 1.51. The minimum atomic E-state index is -1.07. The average molecular weight is 400 g/mol. The Hall–Kier alpha value is -3.42. The molecule has 7 nitrogen and oxygen atoms in total. The molecule has 0 aliphatic carbocycles. The predicted octanol–water partition coefficient (Wildman–Crippen LogP) is 2.76. The van der Waals surface area contributed by atoms with Crippen LogP contribution < -0.4 is 15.0 Å². The molecule has 1 heterocycles. The fraction of sp³-hybridized carbons (Fsp3) is 0.286. The van der Waals surface area contributed by atoms with E-state index in [0.29, 0.717) is 17.1 Å². The molecule has 0 radical (unpaired) electrons. The summed E-state index contributed by atoms with van der Waals surface area (Å²) in [4.78, 5) is 38.6. The summed E-state index contributed by atoms with van der Waals surface area (Å²) in [6, 6.07) is 12.3. The summed E-state index contributed by atoms with van der Waals surface area (Å²) in [5.41, 5.74) is 0.968. The maximum atomic E-state index is 12.9. The number of carbonyl (C=O) groups excluding carboxylic acids is 3. The molecule has 0 aromatic heterocycles. The maximum absolute atomic E-state index is 12.9. The van der Waals surface area contributed by atoms with Crippen molar-refractivity contribution >= 4 is 29.2 Å². The predicted molar refractivity (Wildman–Crippen MR) is 104 cm³/mol. The minimum absolute atomic E-state index is 0.0107. The maximum Gasteiger partial charge on any atom is 0.312 e. The molecule has 3 rings (SSSR count). The Morgan fingerprint density at radius 1 is 1.17 bits per heavy atom. The lowest BCUT2D eigenvalue weighted by Gasteiger charge is -2.20. The number of esters is 1. The number of hydrogen-bond acceptors (Lipinski definition) is 5. The molecule has 1 saturated heterocycles. The number of rotatable bonds is 6. The molecule has 0 bridgehead atoms. The first-order valence-electron chi connectivity index (χ1n) is 9.09. The lowest BCUT2D eigenvalue weighted by Crippen LogP contribution is -2.33. The normalized spacial score (nSPS) is 17.0. The molecule has 0 unspecified atom stereocenters. The number of para-hydroxylation sites is 2. The molecular formula is C21H21FN2O5. The fourth-order valence-corrected chi connectivity index (χ4v) is 3.05. The summed E-state index contributed by atoms with van der Waals surface area (Å²) in [6.07, 6.45) is -1.08. The summed E-state index contributed by atoms with van der Waals surface area (Å²) in [5.74, 6) is -1.98. The molecule has 0 saturated carbocycles. The number of benzene rings is 2. The molecule has 1 aliphatic rings. The van der Waals surface area contributed by atoms with Gasteiger partial charge >= 0.3 is 5.97 Å². The first-order valence-corrected chi connectivity index (χ1v) is 9.09. The number of ether oxygens (including phenoxy) is 2. The zero-order valence-electron chi connectivity index (χ0n) is 16.1. The van der Waals surface area contributed by atoms with E-state index < -0.39 is 29.7 Å². The van der Waals surface area contributed by atoms with Gasteiger partial charge in [-0.2, -0.15) is 0 Å². The van der Waals surface area contributed by atoms with Gasteiger partial charge in [-0.25, -0.2) is 4.39 Å². The van der Waals surface area contributed by atoms with Gasteiger partial charge in [0, 0.05) is 18.7 Å². The molecule has 0 spiro atoms. The highest BCUT2D eigenvalue weighted by molar-refractivity contribution is 6.01. The van der Waals surface area contributed by atoms with Crippen LogP contribution in [0.5, 0.6) is 5.75 Å². The molecule has 2 aromatic carbocycles. The molecule has 8 heteroatoms. The fourth-order valence-electron chi connectivity index (χ4n) is 3.05. The molecule has 1 aliphatic heterocycles. The van der Waals surface area contributed by atoms with E-state index in [0.717, 1.165) is 0 Å². The van der Waals surface area contributed by atoms with Crippen molar-refractivity contribution in [1.29, 1.82) is 0 Å². The van der Waals surface area contributed by atoms with Crippen molar-refractivity contribution in [1.82, 2.24) is 0 Å². The Balaban J connectivity index is 1.60. The second kappa shape index (κ2) is 8.72. The lowest BCUT2D eigenvalue weighted by molar-refractivity contribution is -0.157. The Bertz CT molecular complexity index is 916. The van der Waals surface area contributed by atoms with E-state index in [1.807, 2.05) is 0 Å². The topological polar surface area (TPSA) is 84.9 Å². The van der Waals surface area contributed by atoms with E-state index in [1.165, 1.54) is 43.2 Å². The number of carbonyl (C=O) groups is 3. The van der Waals surface area contributed by atoms with Crippen LogP contribution in [0.1, 0.15) is 13.3 Å². The van der Waals surface area contributed by atoms with Crippen LogP contribution >= 0.6 is 0 Å². The highest BCUT2D eigenvalue weighted by Crippen LogP contribution is 2.33. The second-order valence-corrected chi connectivity index (χ2v) is 6.65. The van der Waals surface area contributed by atoms with Gasteiger partial charge in [0.25, 0.3) is 5.91 Å². The number of anilines is 2. The zero-order chi connectivity index (χ0) is 21.0. The molecule has 2 atom stereocenters. The van der Waals surface area contributed by atoms with Crippen LogP contribution in [0.2, 0.25) is 0 Å². The van der Waals surface area contributed by atoms with Crippen molar-refractivity contribution in [3.63, 3.8) is 0 Å². The first-order chi connectivity index (χ1) is 13.9. The smallest absolute Gasteiger partial charge is 0.312 e. The Morgan fingerprint density at radius 2 is 1.86 bits per heavy atom. The van der Waals surface area contributed by atoms with Gasteiger partial charge in [-0.3, -0.25) is 14.4 Å². The Morgan fingerprint density at radius 3 is 2.55 bits per heavy atom. The van der Waals surface area contributed by atoms with Crippen LogP contribution in [0.4, 0.5) is 15.8 Å². The number of methoxy groups -OCH3 is 1. The van der Waals surface area contributed by atoms with Gasteiger partial charge in [-0.15, -0.1) is 0 Å². The van der Waals surface area contributed by atoms with E-state index in [9.17, 15) is 18.8 Å². The van der Waals surface area contributed by atoms with Crippen LogP contribution in [0.15, 0.2) is 48.5 Å². The van der Waals surface area contributed by atoms with E-state index in [2.05, 4.69) is 5.32 Å². The van der Waals surface area contributed by atoms with Crippen LogP contribution in [0.25, 0.3) is 0 Å². The van der Waals surface area contributed by atoms with Gasteiger partial charge in [-0.1, -0.05) is 12.1 Å². The summed E-state index contributed by atoms with van der Waals surface area (Å²) in [5, 5.41) is 2.55. The van der Waals surface area contributed by atoms with E-state index >= 15 is 0 Å². The Labute approximate surface area is 167 Å². The molecule has 1 N–H and O–H groups in total. The van der Waals surface area contributed by atoms with Gasteiger partial charge < -0.3 is 19.7 Å². The van der Waals surface area contributed by atoms with E-state index in [4.69, 9.17) is 9.47 Å². The zero-order valence-corrected chi connectivity index (χ0v) is 16.1. The molecule has 2 amide bonds. The third-order valence-electron chi connectivity index (χ3n) is 4.61. The van der Waals surface area contributed by atoms with Gasteiger partial charge in [0.15, 0.2) is 6.10 Å². The second-order valence-electron chi connectivity index (χ2n) is 6.65. The summed E-state index contributed by atoms with van der Waals surface area (Å²) < 4.78 is 23.5. The van der Waals surface area contributed by atoms with Crippen LogP contribution in [-0.4, -0.2) is 37.5 Å². The molecule has 29 heavy (non-hydrogen) atoms.